The number of ether oxygens (including phenoxy) is 3. The van der Waals surface area contributed by atoms with Crippen molar-refractivity contribution >= 4 is 33.6 Å². The molecule has 2 N–H and O–H groups in total. The molecule has 0 amide bonds. The van der Waals surface area contributed by atoms with Gasteiger partial charge in [-0.05, 0) is 47.6 Å². The summed E-state index contributed by atoms with van der Waals surface area (Å²) < 4.78 is 43.0. The molecule has 1 aromatic rings. The van der Waals surface area contributed by atoms with Crippen molar-refractivity contribution in [3.63, 3.8) is 0 Å². The van der Waals surface area contributed by atoms with Gasteiger partial charge < -0.3 is 19.5 Å². The molecule has 0 radical (unpaired) electrons. The second-order valence-corrected chi connectivity index (χ2v) is 11.4. The van der Waals surface area contributed by atoms with Gasteiger partial charge in [-0.1, -0.05) is 12.1 Å². The Morgan fingerprint density at radius 1 is 0.972 bits per heavy atom. The predicted molar refractivity (Wildman–Crippen MR) is 127 cm³/mol. The molecule has 0 aliphatic carbocycles. The minimum absolute atomic E-state index is 0.475. The van der Waals surface area contributed by atoms with E-state index in [1.807, 2.05) is 0 Å². The Bertz CT molecular complexity index is 1070. The first kappa shape index (κ1) is 30.9. The van der Waals surface area contributed by atoms with E-state index >= 15 is 0 Å². The van der Waals surface area contributed by atoms with Gasteiger partial charge in [-0.25, -0.2) is 8.42 Å². The summed E-state index contributed by atoms with van der Waals surface area (Å²) in [6, 6.07) is 1.67. The summed E-state index contributed by atoms with van der Waals surface area (Å²) in [5, 5.41) is 13.9. The molecule has 0 saturated heterocycles. The minimum atomic E-state index is -4.57. The van der Waals surface area contributed by atoms with E-state index in [4.69, 9.17) is 9.47 Å². The number of sulfonamides is 1. The topological polar surface area (TPSA) is 180 Å². The summed E-state index contributed by atoms with van der Waals surface area (Å²) in [5.41, 5.74) is -2.43. The van der Waals surface area contributed by atoms with E-state index in [0.717, 1.165) is 19.2 Å². The number of rotatable bonds is 11. The van der Waals surface area contributed by atoms with E-state index in [1.165, 1.54) is 12.1 Å². The molecule has 0 spiro atoms. The number of hydrogen-bond donors (Lipinski definition) is 2. The lowest BCUT2D eigenvalue weighted by molar-refractivity contribution is -0.387. The molecule has 0 heterocycles. The number of nitrogens with one attached hydrogen (secondary N) is 2. The SMILES string of the molecule is COC(=O)C(CN[C@@H](CC(=O)OC(C)(C)C)C(=O)OC(C)(C)C)NS(=O)(=O)c1ccccc1[N+](=O)[O-]. The molecule has 0 saturated carbocycles. The van der Waals surface area contributed by atoms with Crippen LogP contribution in [-0.4, -0.2) is 68.2 Å². The molecule has 14 heteroatoms. The quantitative estimate of drug-likeness (QED) is 0.182. The third-order valence-electron chi connectivity index (χ3n) is 4.19. The Morgan fingerprint density at radius 2 is 1.53 bits per heavy atom. The van der Waals surface area contributed by atoms with Crippen LogP contribution < -0.4 is 10.0 Å². The van der Waals surface area contributed by atoms with Crippen molar-refractivity contribution in [3.8, 4) is 0 Å². The number of benzene rings is 1. The van der Waals surface area contributed by atoms with E-state index in [1.54, 1.807) is 41.5 Å². The molecule has 0 bridgehead atoms. The molecule has 0 aliphatic rings. The maximum atomic E-state index is 12.9. The van der Waals surface area contributed by atoms with Crippen LogP contribution in [0.4, 0.5) is 5.69 Å². The van der Waals surface area contributed by atoms with Crippen LogP contribution in [0, 0.1) is 10.1 Å². The number of carbonyl (C=O) groups excluding carboxylic acids is 3. The zero-order valence-electron chi connectivity index (χ0n) is 21.3. The molecule has 1 unspecified atom stereocenters. The van der Waals surface area contributed by atoms with E-state index in [2.05, 4.69) is 14.8 Å². The standard InChI is InChI=1S/C22H33N3O10S/c1-21(2,3)34-18(26)12-14(20(28)35-22(4,5)6)23-13-15(19(27)33-7)24-36(31,32)17-11-9-8-10-16(17)25(29)30/h8-11,14-15,23-24H,12-13H2,1-7H3/t14-,15?/m0/s1. The lowest BCUT2D eigenvalue weighted by atomic mass is 10.1. The fourth-order valence-electron chi connectivity index (χ4n) is 2.82. The molecule has 2 atom stereocenters. The normalized spacial score (nSPS) is 13.9. The molecular formula is C22H33N3O10S. The van der Waals surface area contributed by atoms with Gasteiger partial charge in [-0.15, -0.1) is 0 Å². The lowest BCUT2D eigenvalue weighted by Gasteiger charge is -2.26. The summed E-state index contributed by atoms with van der Waals surface area (Å²) >= 11 is 0. The third kappa shape index (κ3) is 10.3. The van der Waals surface area contributed by atoms with Crippen LogP contribution >= 0.6 is 0 Å². The fraction of sp³-hybridized carbons (Fsp3) is 0.591. The van der Waals surface area contributed by atoms with Crippen LogP contribution in [0.15, 0.2) is 29.2 Å². The Balaban J connectivity index is 3.19. The highest BCUT2D eigenvalue weighted by Gasteiger charge is 2.34. The number of methoxy groups -OCH3 is 1. The second kappa shape index (κ2) is 12.2. The summed E-state index contributed by atoms with van der Waals surface area (Å²) in [6.45, 7) is 9.27. The smallest absolute Gasteiger partial charge is 0.325 e. The van der Waals surface area contributed by atoms with Crippen LogP contribution in [0.2, 0.25) is 0 Å². The average molecular weight is 532 g/mol. The second-order valence-electron chi connectivity index (χ2n) is 9.71. The maximum absolute atomic E-state index is 12.9. The first-order chi connectivity index (χ1) is 16.4. The van der Waals surface area contributed by atoms with Crippen molar-refractivity contribution in [2.75, 3.05) is 13.7 Å². The van der Waals surface area contributed by atoms with Crippen LogP contribution in [0.1, 0.15) is 48.0 Å². The van der Waals surface area contributed by atoms with Gasteiger partial charge in [0.05, 0.1) is 18.5 Å². The largest absolute Gasteiger partial charge is 0.468 e. The Kier molecular flexibility index (Phi) is 10.5. The zero-order chi connectivity index (χ0) is 27.9. The molecule has 13 nitrogen and oxygen atoms in total. The van der Waals surface area contributed by atoms with Crippen LogP contribution in [0.25, 0.3) is 0 Å². The highest BCUT2D eigenvalue weighted by molar-refractivity contribution is 7.89. The van der Waals surface area contributed by atoms with Gasteiger partial charge in [0.2, 0.25) is 10.0 Å². The number of esters is 3. The Morgan fingerprint density at radius 3 is 2.03 bits per heavy atom. The van der Waals surface area contributed by atoms with Crippen LogP contribution in [-0.2, 0) is 38.6 Å². The summed E-state index contributed by atoms with van der Waals surface area (Å²) in [7, 11) is -3.56. The van der Waals surface area contributed by atoms with Gasteiger partial charge in [0.25, 0.3) is 5.69 Å². The first-order valence-electron chi connectivity index (χ1n) is 10.9. The highest BCUT2D eigenvalue weighted by atomic mass is 32.2. The van der Waals surface area contributed by atoms with E-state index in [-0.39, 0.29) is 0 Å². The van der Waals surface area contributed by atoms with Crippen molar-refractivity contribution in [2.24, 2.45) is 0 Å². The van der Waals surface area contributed by atoms with E-state index in [0.29, 0.717) is 0 Å². The van der Waals surface area contributed by atoms with Crippen molar-refractivity contribution in [3.05, 3.63) is 34.4 Å². The maximum Gasteiger partial charge on any atom is 0.325 e. The molecule has 1 rings (SSSR count). The average Bonchev–Trinajstić information content (AvgIpc) is 2.72. The van der Waals surface area contributed by atoms with Gasteiger partial charge >= 0.3 is 17.9 Å². The van der Waals surface area contributed by atoms with E-state index < -0.39 is 79.7 Å². The molecule has 1 aromatic carbocycles. The number of nitrogens with zero attached hydrogens (tertiary/aromatic N) is 1. The lowest BCUT2D eigenvalue weighted by Crippen LogP contribution is -2.52. The monoisotopic (exact) mass is 531 g/mol. The zero-order valence-corrected chi connectivity index (χ0v) is 22.1. The Hall–Kier alpha value is -3.10. The predicted octanol–water partition coefficient (Wildman–Crippen LogP) is 1.45. The summed E-state index contributed by atoms with van der Waals surface area (Å²) in [5.74, 6) is -2.61. The van der Waals surface area contributed by atoms with Crippen molar-refractivity contribution < 1.29 is 41.9 Å². The van der Waals surface area contributed by atoms with Gasteiger partial charge in [0.15, 0.2) is 4.90 Å². The van der Waals surface area contributed by atoms with Gasteiger partial charge in [0, 0.05) is 12.6 Å². The molecule has 0 aromatic heterocycles. The number of carbonyl (C=O) groups is 3. The third-order valence-corrected chi connectivity index (χ3v) is 5.70. The van der Waals surface area contributed by atoms with Gasteiger partial charge in [-0.3, -0.25) is 24.5 Å². The molecule has 202 valence electrons. The van der Waals surface area contributed by atoms with Crippen molar-refractivity contribution in [1.29, 1.82) is 0 Å². The summed E-state index contributed by atoms with van der Waals surface area (Å²) in [6.07, 6.45) is -0.475. The molecule has 0 aliphatic heterocycles. The minimum Gasteiger partial charge on any atom is -0.468 e. The van der Waals surface area contributed by atoms with Gasteiger partial charge in [0.1, 0.15) is 23.3 Å². The molecule has 0 fully saturated rings. The van der Waals surface area contributed by atoms with Crippen LogP contribution in [0.3, 0.4) is 0 Å². The van der Waals surface area contributed by atoms with Crippen molar-refractivity contribution in [2.45, 2.75) is 76.1 Å². The van der Waals surface area contributed by atoms with E-state index in [9.17, 15) is 32.9 Å². The number of nitro groups is 1. The highest BCUT2D eigenvalue weighted by Crippen LogP contribution is 2.23. The van der Waals surface area contributed by atoms with Crippen LogP contribution in [0.5, 0.6) is 0 Å². The molecular weight excluding hydrogens is 498 g/mol. The number of para-hydroxylation sites is 1. The Labute approximate surface area is 210 Å². The van der Waals surface area contributed by atoms with Crippen molar-refractivity contribution in [1.82, 2.24) is 10.0 Å². The number of nitro benzene ring substituents is 1. The number of hydrogen-bond acceptors (Lipinski definition) is 11. The van der Waals surface area contributed by atoms with Gasteiger partial charge in [-0.2, -0.15) is 4.72 Å². The molecule has 36 heavy (non-hydrogen) atoms. The first-order valence-corrected chi connectivity index (χ1v) is 12.4. The summed E-state index contributed by atoms with van der Waals surface area (Å²) in [4.78, 5) is 47.1. The fourth-order valence-corrected chi connectivity index (χ4v) is 4.18.